The molecule has 5 heteroatoms. The van der Waals surface area contributed by atoms with E-state index in [9.17, 15) is 9.59 Å². The summed E-state index contributed by atoms with van der Waals surface area (Å²) in [7, 11) is 0. The van der Waals surface area contributed by atoms with E-state index in [1.165, 1.54) is 0 Å². The lowest BCUT2D eigenvalue weighted by atomic mass is 10.2. The van der Waals surface area contributed by atoms with Crippen molar-refractivity contribution < 1.29 is 14.3 Å². The van der Waals surface area contributed by atoms with Crippen LogP contribution in [0.1, 0.15) is 24.2 Å². The van der Waals surface area contributed by atoms with Gasteiger partial charge in [0.15, 0.2) is 6.61 Å². The minimum Gasteiger partial charge on any atom is -0.484 e. The molecular weight excluding hydrogens is 364 g/mol. The topological polar surface area (TPSA) is 58.6 Å². The second-order valence-corrected chi connectivity index (χ2v) is 6.87. The van der Waals surface area contributed by atoms with Crippen molar-refractivity contribution in [1.82, 2.24) is 0 Å². The predicted octanol–water partition coefficient (Wildman–Crippen LogP) is 5.06. The molecule has 29 heavy (non-hydrogen) atoms. The molecule has 0 aromatic heterocycles. The molecule has 0 aliphatic rings. The van der Waals surface area contributed by atoms with Gasteiger partial charge in [0.2, 0.25) is 0 Å². The molecule has 0 aliphatic carbocycles. The van der Waals surface area contributed by atoms with E-state index in [4.69, 9.17) is 4.74 Å². The zero-order valence-electron chi connectivity index (χ0n) is 16.5. The van der Waals surface area contributed by atoms with Gasteiger partial charge in [-0.2, -0.15) is 0 Å². The molecule has 148 valence electrons. The number of para-hydroxylation sites is 1. The van der Waals surface area contributed by atoms with E-state index in [2.05, 4.69) is 5.32 Å². The second-order valence-electron chi connectivity index (χ2n) is 6.87. The van der Waals surface area contributed by atoms with Crippen molar-refractivity contribution in [3.8, 4) is 5.75 Å². The summed E-state index contributed by atoms with van der Waals surface area (Å²) < 4.78 is 5.60. The van der Waals surface area contributed by atoms with E-state index in [1.54, 1.807) is 29.2 Å². The van der Waals surface area contributed by atoms with Gasteiger partial charge in [-0.1, -0.05) is 18.2 Å². The number of hydrogen-bond acceptors (Lipinski definition) is 4. The molecule has 0 spiro atoms. The summed E-state index contributed by atoms with van der Waals surface area (Å²) in [5.74, 6) is 0.415. The first-order chi connectivity index (χ1) is 14.1. The van der Waals surface area contributed by atoms with E-state index in [0.29, 0.717) is 11.3 Å². The van der Waals surface area contributed by atoms with Crippen LogP contribution in [0.15, 0.2) is 78.9 Å². The lowest BCUT2D eigenvalue weighted by Gasteiger charge is -2.27. The zero-order chi connectivity index (χ0) is 20.6. The summed E-state index contributed by atoms with van der Waals surface area (Å²) in [6.45, 7) is 3.85. The number of benzene rings is 3. The highest BCUT2D eigenvalue weighted by atomic mass is 16.5. The maximum Gasteiger partial charge on any atom is 0.265 e. The zero-order valence-corrected chi connectivity index (χ0v) is 16.5. The van der Waals surface area contributed by atoms with Gasteiger partial charge in [0, 0.05) is 28.7 Å². The summed E-state index contributed by atoms with van der Waals surface area (Å²) in [5.41, 5.74) is 3.33. The number of aldehydes is 1. The van der Waals surface area contributed by atoms with Crippen LogP contribution < -0.4 is 15.0 Å². The van der Waals surface area contributed by atoms with Crippen molar-refractivity contribution in [2.75, 3.05) is 16.8 Å². The standard InChI is InChI=1S/C24H24N2O3/c1-18(2)26(24(28)17-29-23-14-8-19(16-27)9-15-23)22-12-10-21(11-13-22)25-20-6-4-3-5-7-20/h3-16,18,25H,17H2,1-2H3. The molecular formula is C24H24N2O3. The van der Waals surface area contributed by atoms with Gasteiger partial charge < -0.3 is 15.0 Å². The van der Waals surface area contributed by atoms with Gasteiger partial charge in [-0.15, -0.1) is 0 Å². The van der Waals surface area contributed by atoms with Crippen LogP contribution in [0.25, 0.3) is 0 Å². The molecule has 0 atom stereocenters. The number of carbonyl (C=O) groups excluding carboxylic acids is 2. The number of amides is 1. The molecule has 0 fully saturated rings. The minimum atomic E-state index is -0.136. The molecule has 3 aromatic rings. The van der Waals surface area contributed by atoms with Crippen molar-refractivity contribution in [3.05, 3.63) is 84.4 Å². The number of nitrogens with one attached hydrogen (secondary N) is 1. The van der Waals surface area contributed by atoms with Crippen molar-refractivity contribution in [1.29, 1.82) is 0 Å². The fourth-order valence-corrected chi connectivity index (χ4v) is 2.98. The molecule has 0 aliphatic heterocycles. The summed E-state index contributed by atoms with van der Waals surface area (Å²) in [4.78, 5) is 25.2. The lowest BCUT2D eigenvalue weighted by Crippen LogP contribution is -2.40. The monoisotopic (exact) mass is 388 g/mol. The van der Waals surface area contributed by atoms with Gasteiger partial charge in [-0.05, 0) is 74.5 Å². The molecule has 0 radical (unpaired) electrons. The molecule has 1 amide bonds. The molecule has 0 heterocycles. The highest BCUT2D eigenvalue weighted by Gasteiger charge is 2.19. The van der Waals surface area contributed by atoms with Crippen LogP contribution in [-0.4, -0.2) is 24.8 Å². The first-order valence-electron chi connectivity index (χ1n) is 9.49. The Morgan fingerprint density at radius 1 is 0.931 bits per heavy atom. The average Bonchev–Trinajstić information content (AvgIpc) is 2.74. The Hall–Kier alpha value is -3.60. The number of anilines is 3. The highest BCUT2D eigenvalue weighted by molar-refractivity contribution is 5.95. The van der Waals surface area contributed by atoms with Gasteiger partial charge in [-0.25, -0.2) is 0 Å². The number of rotatable bonds is 8. The van der Waals surface area contributed by atoms with E-state index in [-0.39, 0.29) is 18.6 Å². The van der Waals surface area contributed by atoms with E-state index in [0.717, 1.165) is 23.3 Å². The van der Waals surface area contributed by atoms with Crippen LogP contribution in [-0.2, 0) is 4.79 Å². The van der Waals surface area contributed by atoms with Crippen LogP contribution >= 0.6 is 0 Å². The maximum absolute atomic E-state index is 12.8. The SMILES string of the molecule is CC(C)N(C(=O)COc1ccc(C=O)cc1)c1ccc(Nc2ccccc2)cc1. The molecule has 3 aromatic carbocycles. The van der Waals surface area contributed by atoms with Gasteiger partial charge in [0.25, 0.3) is 5.91 Å². The molecule has 0 saturated heterocycles. The molecule has 0 saturated carbocycles. The number of carbonyl (C=O) groups is 2. The fourth-order valence-electron chi connectivity index (χ4n) is 2.98. The number of ether oxygens (including phenoxy) is 1. The van der Waals surface area contributed by atoms with E-state index < -0.39 is 0 Å². The molecule has 0 bridgehead atoms. The average molecular weight is 388 g/mol. The van der Waals surface area contributed by atoms with Gasteiger partial charge in [-0.3, -0.25) is 9.59 Å². The van der Waals surface area contributed by atoms with Crippen LogP contribution in [0.5, 0.6) is 5.75 Å². The Morgan fingerprint density at radius 2 is 1.55 bits per heavy atom. The predicted molar refractivity (Wildman–Crippen MR) is 116 cm³/mol. The lowest BCUT2D eigenvalue weighted by molar-refractivity contribution is -0.120. The van der Waals surface area contributed by atoms with E-state index in [1.807, 2.05) is 68.4 Å². The van der Waals surface area contributed by atoms with Gasteiger partial charge in [0.05, 0.1) is 0 Å². The summed E-state index contributed by atoms with van der Waals surface area (Å²) >= 11 is 0. The van der Waals surface area contributed by atoms with Crippen molar-refractivity contribution in [2.45, 2.75) is 19.9 Å². The third-order valence-corrected chi connectivity index (χ3v) is 4.37. The molecule has 1 N–H and O–H groups in total. The molecule has 5 nitrogen and oxygen atoms in total. The fraction of sp³-hybridized carbons (Fsp3) is 0.167. The normalized spacial score (nSPS) is 10.4. The Balaban J connectivity index is 1.66. The smallest absolute Gasteiger partial charge is 0.265 e. The third kappa shape index (κ3) is 5.45. The Morgan fingerprint density at radius 3 is 2.14 bits per heavy atom. The Labute approximate surface area is 170 Å². The minimum absolute atomic E-state index is 0.0172. The van der Waals surface area contributed by atoms with Crippen LogP contribution in [0.4, 0.5) is 17.1 Å². The van der Waals surface area contributed by atoms with Crippen LogP contribution in [0.2, 0.25) is 0 Å². The summed E-state index contributed by atoms with van der Waals surface area (Å²) in [6.07, 6.45) is 0.770. The van der Waals surface area contributed by atoms with Crippen molar-refractivity contribution in [3.63, 3.8) is 0 Å². The van der Waals surface area contributed by atoms with E-state index >= 15 is 0 Å². The largest absolute Gasteiger partial charge is 0.484 e. The quantitative estimate of drug-likeness (QED) is 0.548. The van der Waals surface area contributed by atoms with Gasteiger partial charge in [0.1, 0.15) is 12.0 Å². The maximum atomic E-state index is 12.8. The van der Waals surface area contributed by atoms with Gasteiger partial charge >= 0.3 is 0 Å². The second kappa shape index (κ2) is 9.55. The van der Waals surface area contributed by atoms with Crippen molar-refractivity contribution in [2.24, 2.45) is 0 Å². The first kappa shape index (κ1) is 20.1. The number of nitrogens with zero attached hydrogens (tertiary/aromatic N) is 1. The Bertz CT molecular complexity index is 936. The molecule has 0 unspecified atom stereocenters. The molecule has 3 rings (SSSR count). The van der Waals surface area contributed by atoms with Crippen molar-refractivity contribution >= 4 is 29.3 Å². The third-order valence-electron chi connectivity index (χ3n) is 4.37. The van der Waals surface area contributed by atoms with Crippen LogP contribution in [0.3, 0.4) is 0 Å². The highest BCUT2D eigenvalue weighted by Crippen LogP contribution is 2.23. The Kier molecular flexibility index (Phi) is 6.63. The van der Waals surface area contributed by atoms with Crippen LogP contribution in [0, 0.1) is 0 Å². The first-order valence-corrected chi connectivity index (χ1v) is 9.49. The summed E-state index contributed by atoms with van der Waals surface area (Å²) in [5, 5.41) is 3.33. The number of hydrogen-bond donors (Lipinski definition) is 1. The summed E-state index contributed by atoms with van der Waals surface area (Å²) in [6, 6.07) is 24.3.